The lowest BCUT2D eigenvalue weighted by Crippen LogP contribution is -2.13. The lowest BCUT2D eigenvalue weighted by atomic mass is 9.91. The molecule has 2 heteroatoms. The van der Waals surface area contributed by atoms with Gasteiger partial charge in [-0.05, 0) is 24.3 Å². The van der Waals surface area contributed by atoms with Gasteiger partial charge >= 0.3 is 0 Å². The molecule has 14 heavy (non-hydrogen) atoms. The minimum Gasteiger partial charge on any atom is -0.237 e. The maximum absolute atomic E-state index is 4.54. The Morgan fingerprint density at radius 3 is 2.57 bits per heavy atom. The minimum atomic E-state index is 0.0890. The molecule has 0 aliphatic rings. The van der Waals surface area contributed by atoms with E-state index in [2.05, 4.69) is 42.9 Å². The van der Waals surface area contributed by atoms with Crippen LogP contribution in [0.4, 0.5) is 0 Å². The molecule has 0 bridgehead atoms. The molecule has 0 radical (unpaired) electrons. The molecule has 2 rings (SSSR count). The molecule has 0 aromatic carbocycles. The van der Waals surface area contributed by atoms with Crippen LogP contribution in [0.5, 0.6) is 0 Å². The Balaban J connectivity index is 2.63. The van der Waals surface area contributed by atoms with E-state index in [1.165, 1.54) is 0 Å². The average Bonchev–Trinajstić information content (AvgIpc) is 2.16. The van der Waals surface area contributed by atoms with Crippen molar-refractivity contribution in [3.05, 3.63) is 36.2 Å². The Morgan fingerprint density at radius 1 is 1.07 bits per heavy atom. The summed E-state index contributed by atoms with van der Waals surface area (Å²) >= 11 is 0. The second kappa shape index (κ2) is 3.05. The van der Waals surface area contributed by atoms with Gasteiger partial charge in [0.1, 0.15) is 0 Å². The number of pyridine rings is 2. The summed E-state index contributed by atoms with van der Waals surface area (Å²) < 4.78 is 0. The summed E-state index contributed by atoms with van der Waals surface area (Å²) in [7, 11) is 0. The van der Waals surface area contributed by atoms with Gasteiger partial charge in [0.25, 0.3) is 0 Å². The Morgan fingerprint density at radius 2 is 1.86 bits per heavy atom. The van der Waals surface area contributed by atoms with Gasteiger partial charge in [0, 0.05) is 22.7 Å². The van der Waals surface area contributed by atoms with Gasteiger partial charge < -0.3 is 0 Å². The van der Waals surface area contributed by atoms with E-state index in [0.29, 0.717) is 0 Å². The van der Waals surface area contributed by atoms with Crippen LogP contribution in [0.2, 0.25) is 0 Å². The second-order valence-electron chi connectivity index (χ2n) is 4.50. The van der Waals surface area contributed by atoms with Crippen molar-refractivity contribution >= 4 is 11.0 Å². The quantitative estimate of drug-likeness (QED) is 0.632. The van der Waals surface area contributed by atoms with Gasteiger partial charge in [-0.15, -0.1) is 0 Å². The highest BCUT2D eigenvalue weighted by Gasteiger charge is 2.15. The summed E-state index contributed by atoms with van der Waals surface area (Å²) in [6.07, 6.45) is 1.78. The fourth-order valence-corrected chi connectivity index (χ4v) is 1.37. The molecule has 0 aliphatic heterocycles. The molecule has 0 aliphatic carbocycles. The van der Waals surface area contributed by atoms with E-state index in [0.717, 1.165) is 16.7 Å². The number of aromatic nitrogens is 2. The summed E-state index contributed by atoms with van der Waals surface area (Å²) in [5.41, 5.74) is 2.01. The van der Waals surface area contributed by atoms with Gasteiger partial charge in [-0.1, -0.05) is 20.8 Å². The van der Waals surface area contributed by atoms with Crippen LogP contribution in [-0.4, -0.2) is 9.97 Å². The van der Waals surface area contributed by atoms with Gasteiger partial charge in [-0.25, -0.2) is 9.97 Å². The maximum atomic E-state index is 4.54. The van der Waals surface area contributed by atoms with E-state index in [1.54, 1.807) is 6.20 Å². The molecule has 0 N–H and O–H groups in total. The van der Waals surface area contributed by atoms with Crippen LogP contribution in [0.15, 0.2) is 30.5 Å². The maximum Gasteiger partial charge on any atom is 0.159 e. The summed E-state index contributed by atoms with van der Waals surface area (Å²) in [6, 6.07) is 8.11. The zero-order chi connectivity index (χ0) is 10.2. The minimum absolute atomic E-state index is 0.0890. The van der Waals surface area contributed by atoms with E-state index in [4.69, 9.17) is 0 Å². The third kappa shape index (κ3) is 1.60. The summed E-state index contributed by atoms with van der Waals surface area (Å²) in [6.45, 7) is 6.47. The molecule has 0 saturated heterocycles. The van der Waals surface area contributed by atoms with Gasteiger partial charge in [0.05, 0.1) is 0 Å². The van der Waals surface area contributed by atoms with Gasteiger partial charge in [-0.3, -0.25) is 0 Å². The van der Waals surface area contributed by atoms with Crippen molar-refractivity contribution in [2.45, 2.75) is 26.2 Å². The lowest BCUT2D eigenvalue weighted by Gasteiger charge is -2.17. The summed E-state index contributed by atoms with van der Waals surface area (Å²) in [5, 5.41) is 1.10. The van der Waals surface area contributed by atoms with E-state index in [9.17, 15) is 0 Å². The predicted molar refractivity (Wildman–Crippen MR) is 58.2 cm³/mol. The van der Waals surface area contributed by atoms with Crippen molar-refractivity contribution < 1.29 is 0 Å². The highest BCUT2D eigenvalue weighted by Crippen LogP contribution is 2.21. The van der Waals surface area contributed by atoms with Crippen LogP contribution in [0.25, 0.3) is 11.0 Å². The predicted octanol–water partition coefficient (Wildman–Crippen LogP) is 2.93. The average molecular weight is 186 g/mol. The first kappa shape index (κ1) is 9.13. The number of hydrogen-bond donors (Lipinski definition) is 0. The molecule has 2 nitrogen and oxygen atoms in total. The Bertz CT molecular complexity index is 455. The van der Waals surface area contributed by atoms with Crippen LogP contribution in [0.1, 0.15) is 26.5 Å². The van der Waals surface area contributed by atoms with Crippen molar-refractivity contribution in [2.75, 3.05) is 0 Å². The Labute approximate surface area is 84.0 Å². The number of rotatable bonds is 0. The highest BCUT2D eigenvalue weighted by atomic mass is 14.8. The lowest BCUT2D eigenvalue weighted by molar-refractivity contribution is 0.571. The van der Waals surface area contributed by atoms with Gasteiger partial charge in [-0.2, -0.15) is 0 Å². The first-order valence-electron chi connectivity index (χ1n) is 4.80. The molecule has 0 fully saturated rings. The van der Waals surface area contributed by atoms with Crippen molar-refractivity contribution in [2.24, 2.45) is 0 Å². The highest BCUT2D eigenvalue weighted by molar-refractivity contribution is 5.74. The molecule has 2 heterocycles. The van der Waals surface area contributed by atoms with E-state index in [1.807, 2.05) is 12.1 Å². The summed E-state index contributed by atoms with van der Waals surface area (Å²) in [4.78, 5) is 8.78. The fourth-order valence-electron chi connectivity index (χ4n) is 1.37. The molecule has 0 saturated carbocycles. The van der Waals surface area contributed by atoms with Crippen LogP contribution in [-0.2, 0) is 5.41 Å². The Hall–Kier alpha value is -1.44. The fraction of sp³-hybridized carbons (Fsp3) is 0.333. The third-order valence-corrected chi connectivity index (χ3v) is 2.23. The molecule has 0 spiro atoms. The monoisotopic (exact) mass is 186 g/mol. The molecule has 2 aromatic rings. The molecule has 0 amide bonds. The van der Waals surface area contributed by atoms with E-state index in [-0.39, 0.29) is 5.41 Å². The zero-order valence-electron chi connectivity index (χ0n) is 8.78. The van der Waals surface area contributed by atoms with Crippen LogP contribution in [0, 0.1) is 0 Å². The SMILES string of the molecule is CC(C)(C)c1ccc2cccnc2n1. The number of nitrogens with zero attached hydrogens (tertiary/aromatic N) is 2. The molecular formula is C12H14N2. The molecule has 2 aromatic heterocycles. The van der Waals surface area contributed by atoms with E-state index >= 15 is 0 Å². The van der Waals surface area contributed by atoms with Crippen LogP contribution >= 0.6 is 0 Å². The molecule has 0 atom stereocenters. The molecule has 0 unspecified atom stereocenters. The second-order valence-corrected chi connectivity index (χ2v) is 4.50. The van der Waals surface area contributed by atoms with E-state index < -0.39 is 0 Å². The number of fused-ring (bicyclic) bond motifs is 1. The Kier molecular flexibility index (Phi) is 1.99. The standard InChI is InChI=1S/C12H14N2/c1-12(2,3)10-7-6-9-5-4-8-13-11(9)14-10/h4-8H,1-3H3. The zero-order valence-corrected chi connectivity index (χ0v) is 8.78. The van der Waals surface area contributed by atoms with Gasteiger partial charge in [0.2, 0.25) is 0 Å². The summed E-state index contributed by atoms with van der Waals surface area (Å²) in [5.74, 6) is 0. The molecule has 72 valence electrons. The van der Waals surface area contributed by atoms with Crippen LogP contribution < -0.4 is 0 Å². The molecular weight excluding hydrogens is 172 g/mol. The topological polar surface area (TPSA) is 25.8 Å². The van der Waals surface area contributed by atoms with Crippen LogP contribution in [0.3, 0.4) is 0 Å². The van der Waals surface area contributed by atoms with Crippen molar-refractivity contribution in [1.82, 2.24) is 9.97 Å². The van der Waals surface area contributed by atoms with Gasteiger partial charge in [0.15, 0.2) is 5.65 Å². The van der Waals surface area contributed by atoms with Crippen molar-refractivity contribution in [3.63, 3.8) is 0 Å². The number of hydrogen-bond acceptors (Lipinski definition) is 2. The third-order valence-electron chi connectivity index (χ3n) is 2.23. The van der Waals surface area contributed by atoms with Crippen molar-refractivity contribution in [3.8, 4) is 0 Å². The smallest absolute Gasteiger partial charge is 0.159 e. The van der Waals surface area contributed by atoms with Crippen molar-refractivity contribution in [1.29, 1.82) is 0 Å². The largest absolute Gasteiger partial charge is 0.237 e. The first-order valence-corrected chi connectivity index (χ1v) is 4.80. The normalized spacial score (nSPS) is 11.9. The first-order chi connectivity index (χ1) is 6.57.